The summed E-state index contributed by atoms with van der Waals surface area (Å²) < 4.78 is 24.5. The quantitative estimate of drug-likeness (QED) is 0.694. The maximum absolute atomic E-state index is 12.1. The molecule has 1 N–H and O–H groups in total. The summed E-state index contributed by atoms with van der Waals surface area (Å²) >= 11 is 1.16. The van der Waals surface area contributed by atoms with Gasteiger partial charge in [-0.2, -0.15) is 18.4 Å². The Morgan fingerprint density at radius 3 is 2.62 bits per heavy atom. The summed E-state index contributed by atoms with van der Waals surface area (Å²) in [6.45, 7) is 5.82. The summed E-state index contributed by atoms with van der Waals surface area (Å²) in [4.78, 5) is 7.23. The summed E-state index contributed by atoms with van der Waals surface area (Å²) in [7, 11) is -3.63. The molecule has 0 spiro atoms. The molecule has 0 saturated carbocycles. The fourth-order valence-corrected chi connectivity index (χ4v) is 3.51. The van der Waals surface area contributed by atoms with E-state index < -0.39 is 10.0 Å². The molecule has 21 heavy (non-hydrogen) atoms. The first-order valence-electron chi connectivity index (χ1n) is 6.35. The highest BCUT2D eigenvalue weighted by atomic mass is 32.2. The molecule has 0 aliphatic carbocycles. The minimum atomic E-state index is -3.63. The van der Waals surface area contributed by atoms with Crippen LogP contribution in [0.1, 0.15) is 20.8 Å². The minimum absolute atomic E-state index is 0.183. The Bertz CT molecular complexity index is 729. The predicted molar refractivity (Wildman–Crippen MR) is 85.8 cm³/mol. The lowest BCUT2D eigenvalue weighted by Crippen LogP contribution is -2.19. The van der Waals surface area contributed by atoms with E-state index in [1.165, 1.54) is 0 Å². The van der Waals surface area contributed by atoms with Gasteiger partial charge < -0.3 is 0 Å². The lowest BCUT2D eigenvalue weighted by atomic mass is 9.99. The third-order valence-electron chi connectivity index (χ3n) is 2.39. The van der Waals surface area contributed by atoms with Crippen LogP contribution in [0.25, 0.3) is 10.6 Å². The van der Waals surface area contributed by atoms with Gasteiger partial charge in [-0.1, -0.05) is 26.8 Å². The number of thiophene rings is 1. The van der Waals surface area contributed by atoms with Crippen molar-refractivity contribution in [3.8, 4) is 10.6 Å². The van der Waals surface area contributed by atoms with E-state index in [1.54, 1.807) is 24.5 Å². The fourth-order valence-electron chi connectivity index (χ4n) is 1.45. The fraction of sp³-hybridized carbons (Fsp3) is 0.286. The smallest absolute Gasteiger partial charge is 0.255 e. The number of pyridine rings is 1. The molecule has 0 aromatic carbocycles. The maximum atomic E-state index is 12.1. The van der Waals surface area contributed by atoms with Crippen molar-refractivity contribution in [2.75, 3.05) is 0 Å². The van der Waals surface area contributed by atoms with Crippen LogP contribution < -0.4 is 4.83 Å². The van der Waals surface area contributed by atoms with Crippen LogP contribution >= 0.6 is 11.3 Å². The highest BCUT2D eigenvalue weighted by Crippen LogP contribution is 2.29. The SMILES string of the molecule is CC(C)(C)/C=N\NS(=O)(=O)c1ccc(-c2ccccn2)s1. The number of sulfonamides is 1. The van der Waals surface area contributed by atoms with E-state index in [0.717, 1.165) is 21.9 Å². The van der Waals surface area contributed by atoms with Crippen LogP contribution in [0.15, 0.2) is 45.8 Å². The van der Waals surface area contributed by atoms with Gasteiger partial charge in [-0.25, -0.2) is 0 Å². The molecule has 112 valence electrons. The van der Waals surface area contributed by atoms with Gasteiger partial charge in [0.05, 0.1) is 10.6 Å². The van der Waals surface area contributed by atoms with Crippen LogP contribution in [0.2, 0.25) is 0 Å². The average molecular weight is 323 g/mol. The topological polar surface area (TPSA) is 71.4 Å². The Labute approximate surface area is 128 Å². The number of aromatic nitrogens is 1. The van der Waals surface area contributed by atoms with Gasteiger partial charge in [0, 0.05) is 12.4 Å². The second kappa shape index (κ2) is 5.95. The highest BCUT2D eigenvalue weighted by molar-refractivity contribution is 7.91. The summed E-state index contributed by atoms with van der Waals surface area (Å²) in [6, 6.07) is 8.83. The normalized spacial score (nSPS) is 12.7. The highest BCUT2D eigenvalue weighted by Gasteiger charge is 2.17. The van der Waals surface area contributed by atoms with Crippen LogP contribution in [0.4, 0.5) is 0 Å². The summed E-state index contributed by atoms with van der Waals surface area (Å²) in [5, 5.41) is 3.80. The van der Waals surface area contributed by atoms with Gasteiger partial charge >= 0.3 is 0 Å². The van der Waals surface area contributed by atoms with Crippen LogP contribution in [0, 0.1) is 5.41 Å². The minimum Gasteiger partial charge on any atom is -0.255 e. The van der Waals surface area contributed by atoms with Crippen molar-refractivity contribution < 1.29 is 8.42 Å². The summed E-state index contributed by atoms with van der Waals surface area (Å²) in [5.41, 5.74) is 0.569. The first-order valence-corrected chi connectivity index (χ1v) is 8.65. The number of rotatable bonds is 4. The van der Waals surface area contributed by atoms with E-state index in [-0.39, 0.29) is 9.62 Å². The zero-order chi connectivity index (χ0) is 15.5. The molecule has 0 amide bonds. The molecule has 0 radical (unpaired) electrons. The maximum Gasteiger partial charge on any atom is 0.286 e. The molecule has 2 rings (SSSR count). The molecule has 5 nitrogen and oxygen atoms in total. The molecule has 0 saturated heterocycles. The Kier molecular flexibility index (Phi) is 4.43. The summed E-state index contributed by atoms with van der Waals surface area (Å²) in [5.74, 6) is 0. The molecule has 0 fully saturated rings. The van der Waals surface area contributed by atoms with E-state index in [0.29, 0.717) is 0 Å². The van der Waals surface area contributed by atoms with E-state index in [9.17, 15) is 8.42 Å². The van der Waals surface area contributed by atoms with Gasteiger partial charge in [-0.05, 0) is 29.7 Å². The number of hydrazone groups is 1. The molecular weight excluding hydrogens is 306 g/mol. The predicted octanol–water partition coefficient (Wildman–Crippen LogP) is 3.12. The molecular formula is C14H17N3O2S2. The Hall–Kier alpha value is -1.73. The lowest BCUT2D eigenvalue weighted by Gasteiger charge is -2.09. The second-order valence-electron chi connectivity index (χ2n) is 5.55. The van der Waals surface area contributed by atoms with Crippen molar-refractivity contribution >= 4 is 27.6 Å². The molecule has 0 unspecified atom stereocenters. The molecule has 0 bridgehead atoms. The monoisotopic (exact) mass is 323 g/mol. The molecule has 2 heterocycles. The zero-order valence-corrected chi connectivity index (χ0v) is 13.7. The van der Waals surface area contributed by atoms with Gasteiger partial charge in [0.25, 0.3) is 10.0 Å². The largest absolute Gasteiger partial charge is 0.286 e. The van der Waals surface area contributed by atoms with Crippen LogP contribution in [0.3, 0.4) is 0 Å². The van der Waals surface area contributed by atoms with Crippen molar-refractivity contribution in [3.63, 3.8) is 0 Å². The summed E-state index contributed by atoms with van der Waals surface area (Å²) in [6.07, 6.45) is 3.24. The number of nitrogens with one attached hydrogen (secondary N) is 1. The van der Waals surface area contributed by atoms with Crippen LogP contribution in [-0.2, 0) is 10.0 Å². The molecule has 2 aromatic rings. The van der Waals surface area contributed by atoms with Crippen LogP contribution in [0.5, 0.6) is 0 Å². The van der Waals surface area contributed by atoms with E-state index >= 15 is 0 Å². The first-order chi connectivity index (χ1) is 9.78. The van der Waals surface area contributed by atoms with Crippen molar-refractivity contribution in [1.82, 2.24) is 9.82 Å². The Balaban J connectivity index is 2.19. The standard InChI is InChI=1S/C14H17N3O2S2/c1-14(2,3)10-16-17-21(18,19)13-8-7-12(20-13)11-6-4-5-9-15-11/h4-10,17H,1-3H3/b16-10-. The van der Waals surface area contributed by atoms with Crippen molar-refractivity contribution in [1.29, 1.82) is 0 Å². The number of nitrogens with zero attached hydrogens (tertiary/aromatic N) is 2. The van der Waals surface area contributed by atoms with Gasteiger partial charge in [-0.15, -0.1) is 11.3 Å². The van der Waals surface area contributed by atoms with Gasteiger partial charge in [0.2, 0.25) is 0 Å². The Morgan fingerprint density at radius 1 is 1.24 bits per heavy atom. The van der Waals surface area contributed by atoms with Crippen molar-refractivity contribution in [2.24, 2.45) is 10.5 Å². The molecule has 2 aromatic heterocycles. The molecule has 0 aliphatic heterocycles. The van der Waals surface area contributed by atoms with Gasteiger partial charge in [0.1, 0.15) is 4.21 Å². The zero-order valence-electron chi connectivity index (χ0n) is 12.1. The third kappa shape index (κ3) is 4.37. The number of hydrogen-bond acceptors (Lipinski definition) is 5. The second-order valence-corrected chi connectivity index (χ2v) is 8.52. The van der Waals surface area contributed by atoms with Crippen LogP contribution in [-0.4, -0.2) is 19.6 Å². The molecule has 0 atom stereocenters. The molecule has 0 aliphatic rings. The van der Waals surface area contributed by atoms with Gasteiger partial charge in [-0.3, -0.25) is 4.98 Å². The Morgan fingerprint density at radius 2 is 2.00 bits per heavy atom. The number of hydrogen-bond donors (Lipinski definition) is 1. The van der Waals surface area contributed by atoms with E-state index in [2.05, 4.69) is 14.9 Å². The van der Waals surface area contributed by atoms with Crippen molar-refractivity contribution in [3.05, 3.63) is 36.5 Å². The van der Waals surface area contributed by atoms with Gasteiger partial charge in [0.15, 0.2) is 0 Å². The van der Waals surface area contributed by atoms with E-state index in [1.807, 2.05) is 39.0 Å². The average Bonchev–Trinajstić information content (AvgIpc) is 2.88. The first kappa shape index (κ1) is 15.7. The molecule has 7 heteroatoms. The third-order valence-corrected chi connectivity index (χ3v) is 5.21. The van der Waals surface area contributed by atoms with E-state index in [4.69, 9.17) is 0 Å². The van der Waals surface area contributed by atoms with Crippen molar-refractivity contribution in [2.45, 2.75) is 25.0 Å². The lowest BCUT2D eigenvalue weighted by molar-refractivity contribution is 0.581.